The van der Waals surface area contributed by atoms with Gasteiger partial charge in [-0.05, 0) is 24.6 Å². The van der Waals surface area contributed by atoms with Crippen molar-refractivity contribution in [2.45, 2.75) is 12.8 Å². The Kier molecular flexibility index (Phi) is 4.45. The van der Waals surface area contributed by atoms with Crippen LogP contribution in [-0.2, 0) is 4.79 Å². The number of nitrogens with one attached hydrogen (secondary N) is 1. The van der Waals surface area contributed by atoms with E-state index in [9.17, 15) is 14.0 Å². The Morgan fingerprint density at radius 3 is 2.65 bits per heavy atom. The second-order valence-corrected chi connectivity index (χ2v) is 3.48. The van der Waals surface area contributed by atoms with Gasteiger partial charge in [0.2, 0.25) is 5.91 Å². The van der Waals surface area contributed by atoms with Crippen LogP contribution in [0.1, 0.15) is 23.2 Å². The third-order valence-electron chi connectivity index (χ3n) is 2.14. The zero-order valence-corrected chi connectivity index (χ0v) is 9.07. The molecule has 0 aliphatic rings. The Morgan fingerprint density at radius 2 is 2.12 bits per heavy atom. The van der Waals surface area contributed by atoms with Gasteiger partial charge >= 0.3 is 5.97 Å². The molecular weight excluding hydrogens is 227 g/mol. The standard InChI is InChI=1S/C11H13FN2O3/c12-8-6-7(11(13)17)3-4-9(8)14-5-1-2-10(15)16/h3-4,6,14H,1-2,5H2,(H2,13,17)(H,15,16). The molecule has 92 valence electrons. The number of carboxylic acids is 1. The lowest BCUT2D eigenvalue weighted by atomic mass is 10.2. The summed E-state index contributed by atoms with van der Waals surface area (Å²) >= 11 is 0. The topological polar surface area (TPSA) is 92.4 Å². The van der Waals surface area contributed by atoms with Crippen LogP contribution in [0.15, 0.2) is 18.2 Å². The minimum absolute atomic E-state index is 0.0218. The van der Waals surface area contributed by atoms with Crippen molar-refractivity contribution in [1.29, 1.82) is 0 Å². The first-order valence-corrected chi connectivity index (χ1v) is 5.05. The minimum Gasteiger partial charge on any atom is -0.481 e. The van der Waals surface area contributed by atoms with E-state index >= 15 is 0 Å². The summed E-state index contributed by atoms with van der Waals surface area (Å²) in [5.41, 5.74) is 5.31. The molecule has 0 unspecified atom stereocenters. The molecule has 0 aliphatic carbocycles. The van der Waals surface area contributed by atoms with E-state index in [1.165, 1.54) is 12.1 Å². The number of halogens is 1. The fraction of sp³-hybridized carbons (Fsp3) is 0.273. The molecular formula is C11H13FN2O3. The molecule has 17 heavy (non-hydrogen) atoms. The largest absolute Gasteiger partial charge is 0.481 e. The summed E-state index contributed by atoms with van der Waals surface area (Å²) in [6.45, 7) is 0.346. The van der Waals surface area contributed by atoms with Crippen molar-refractivity contribution in [3.63, 3.8) is 0 Å². The van der Waals surface area contributed by atoms with Crippen LogP contribution in [-0.4, -0.2) is 23.5 Å². The second kappa shape index (κ2) is 5.83. The maximum Gasteiger partial charge on any atom is 0.303 e. The molecule has 0 atom stereocenters. The van der Waals surface area contributed by atoms with Crippen LogP contribution in [0.25, 0.3) is 0 Å². The maximum atomic E-state index is 13.4. The van der Waals surface area contributed by atoms with Crippen LogP contribution in [0.2, 0.25) is 0 Å². The molecule has 0 saturated heterocycles. The summed E-state index contributed by atoms with van der Waals surface area (Å²) < 4.78 is 13.4. The van der Waals surface area contributed by atoms with E-state index in [1.807, 2.05) is 0 Å². The number of hydrogen-bond acceptors (Lipinski definition) is 3. The van der Waals surface area contributed by atoms with Gasteiger partial charge in [-0.2, -0.15) is 0 Å². The number of nitrogens with two attached hydrogens (primary N) is 1. The van der Waals surface area contributed by atoms with Gasteiger partial charge in [-0.3, -0.25) is 9.59 Å². The van der Waals surface area contributed by atoms with Gasteiger partial charge in [-0.1, -0.05) is 0 Å². The molecule has 0 aliphatic heterocycles. The molecule has 0 radical (unpaired) electrons. The first-order valence-electron chi connectivity index (χ1n) is 5.05. The number of carbonyl (C=O) groups is 2. The van der Waals surface area contributed by atoms with E-state index in [0.717, 1.165) is 6.07 Å². The van der Waals surface area contributed by atoms with Gasteiger partial charge in [-0.15, -0.1) is 0 Å². The molecule has 1 aromatic carbocycles. The highest BCUT2D eigenvalue weighted by molar-refractivity contribution is 5.93. The smallest absolute Gasteiger partial charge is 0.303 e. The van der Waals surface area contributed by atoms with Gasteiger partial charge in [-0.25, -0.2) is 4.39 Å². The summed E-state index contributed by atoms with van der Waals surface area (Å²) in [6, 6.07) is 3.85. The molecule has 1 amide bonds. The zero-order valence-electron chi connectivity index (χ0n) is 9.07. The van der Waals surface area contributed by atoms with Crippen molar-refractivity contribution in [2.75, 3.05) is 11.9 Å². The third-order valence-corrected chi connectivity index (χ3v) is 2.14. The number of hydrogen-bond donors (Lipinski definition) is 3. The number of carboxylic acid groups (broad SMARTS) is 1. The highest BCUT2D eigenvalue weighted by atomic mass is 19.1. The van der Waals surface area contributed by atoms with Crippen LogP contribution in [0.3, 0.4) is 0 Å². The quantitative estimate of drug-likeness (QED) is 0.651. The monoisotopic (exact) mass is 240 g/mol. The number of benzene rings is 1. The molecule has 0 bridgehead atoms. The number of carbonyl (C=O) groups excluding carboxylic acids is 1. The van der Waals surface area contributed by atoms with Crippen molar-refractivity contribution in [2.24, 2.45) is 5.73 Å². The predicted octanol–water partition coefficient (Wildman–Crippen LogP) is 1.20. The van der Waals surface area contributed by atoms with E-state index in [4.69, 9.17) is 10.8 Å². The first-order chi connectivity index (χ1) is 8.00. The van der Waals surface area contributed by atoms with Gasteiger partial charge in [0.25, 0.3) is 0 Å². The second-order valence-electron chi connectivity index (χ2n) is 3.48. The summed E-state index contributed by atoms with van der Waals surface area (Å²) in [6.07, 6.45) is 0.417. The van der Waals surface area contributed by atoms with E-state index in [-0.39, 0.29) is 17.7 Å². The van der Waals surface area contributed by atoms with Gasteiger partial charge < -0.3 is 16.2 Å². The zero-order chi connectivity index (χ0) is 12.8. The minimum atomic E-state index is -0.892. The van der Waals surface area contributed by atoms with Crippen molar-refractivity contribution in [3.05, 3.63) is 29.6 Å². The van der Waals surface area contributed by atoms with Crippen LogP contribution in [0.5, 0.6) is 0 Å². The molecule has 6 heteroatoms. The molecule has 0 aromatic heterocycles. The van der Waals surface area contributed by atoms with Crippen molar-refractivity contribution >= 4 is 17.6 Å². The van der Waals surface area contributed by atoms with Crippen LogP contribution >= 0.6 is 0 Å². The number of anilines is 1. The van der Waals surface area contributed by atoms with E-state index in [2.05, 4.69) is 5.32 Å². The molecule has 1 aromatic rings. The normalized spacial score (nSPS) is 9.94. The van der Waals surface area contributed by atoms with Crippen molar-refractivity contribution < 1.29 is 19.1 Å². The average Bonchev–Trinajstić information content (AvgIpc) is 2.25. The van der Waals surface area contributed by atoms with Crippen molar-refractivity contribution in [3.8, 4) is 0 Å². The van der Waals surface area contributed by atoms with Gasteiger partial charge in [0.05, 0.1) is 5.69 Å². The van der Waals surface area contributed by atoms with E-state index in [1.54, 1.807) is 0 Å². The number of aliphatic carboxylic acids is 1. The first kappa shape index (κ1) is 13.0. The molecule has 5 nitrogen and oxygen atoms in total. The number of amides is 1. The molecule has 0 fully saturated rings. The lowest BCUT2D eigenvalue weighted by molar-refractivity contribution is -0.137. The lowest BCUT2D eigenvalue weighted by Gasteiger charge is -2.07. The maximum absolute atomic E-state index is 13.4. The number of rotatable bonds is 6. The van der Waals surface area contributed by atoms with E-state index < -0.39 is 17.7 Å². The summed E-state index contributed by atoms with van der Waals surface area (Å²) in [4.78, 5) is 21.0. The lowest BCUT2D eigenvalue weighted by Crippen LogP contribution is -2.12. The Morgan fingerprint density at radius 1 is 1.41 bits per heavy atom. The Labute approximate surface area is 97.4 Å². The third kappa shape index (κ3) is 4.10. The summed E-state index contributed by atoms with van der Waals surface area (Å²) in [5, 5.41) is 11.2. The van der Waals surface area contributed by atoms with Gasteiger partial charge in [0.15, 0.2) is 0 Å². The average molecular weight is 240 g/mol. The Balaban J connectivity index is 2.54. The van der Waals surface area contributed by atoms with Crippen LogP contribution < -0.4 is 11.1 Å². The summed E-state index contributed by atoms with van der Waals surface area (Å²) in [5.74, 6) is -2.17. The SMILES string of the molecule is NC(=O)c1ccc(NCCCC(=O)O)c(F)c1. The number of primary amides is 1. The van der Waals surface area contributed by atoms with Gasteiger partial charge in [0, 0.05) is 18.5 Å². The van der Waals surface area contributed by atoms with Crippen molar-refractivity contribution in [1.82, 2.24) is 0 Å². The van der Waals surface area contributed by atoms with E-state index in [0.29, 0.717) is 13.0 Å². The fourth-order valence-electron chi connectivity index (χ4n) is 1.27. The highest BCUT2D eigenvalue weighted by Crippen LogP contribution is 2.15. The molecule has 1 rings (SSSR count). The van der Waals surface area contributed by atoms with Gasteiger partial charge in [0.1, 0.15) is 5.82 Å². The molecule has 0 heterocycles. The fourth-order valence-corrected chi connectivity index (χ4v) is 1.27. The predicted molar refractivity (Wildman–Crippen MR) is 60.3 cm³/mol. The Bertz CT molecular complexity index is 435. The van der Waals surface area contributed by atoms with Crippen LogP contribution in [0, 0.1) is 5.82 Å². The highest BCUT2D eigenvalue weighted by Gasteiger charge is 2.06. The Hall–Kier alpha value is -2.11. The summed E-state index contributed by atoms with van der Waals surface area (Å²) in [7, 11) is 0. The molecule has 0 spiro atoms. The molecule has 0 saturated carbocycles. The molecule has 4 N–H and O–H groups in total. The van der Waals surface area contributed by atoms with Crippen LogP contribution in [0.4, 0.5) is 10.1 Å².